The van der Waals surface area contributed by atoms with Gasteiger partial charge >= 0.3 is 0 Å². The van der Waals surface area contributed by atoms with Crippen molar-refractivity contribution in [2.75, 3.05) is 0 Å². The van der Waals surface area contributed by atoms with Crippen LogP contribution in [0, 0.1) is 5.82 Å². The molecule has 2 rings (SSSR count). The minimum absolute atomic E-state index is 0.256. The van der Waals surface area contributed by atoms with Gasteiger partial charge in [0.25, 0.3) is 0 Å². The molecule has 0 aliphatic heterocycles. The summed E-state index contributed by atoms with van der Waals surface area (Å²) in [6.07, 6.45) is 1.22. The van der Waals surface area contributed by atoms with Crippen LogP contribution in [0.1, 0.15) is 37.5 Å². The molecule has 0 saturated heterocycles. The van der Waals surface area contributed by atoms with Crippen LogP contribution < -0.4 is 5.73 Å². The number of hydrogen-bond donors (Lipinski definition) is 1. The van der Waals surface area contributed by atoms with Crippen LogP contribution in [0.2, 0.25) is 0 Å². The van der Waals surface area contributed by atoms with Gasteiger partial charge < -0.3 is 10.3 Å². The number of nitrogens with zero attached hydrogens (tertiary/aromatic N) is 2. The second kappa shape index (κ2) is 4.86. The van der Waals surface area contributed by atoms with Gasteiger partial charge in [0.05, 0.1) is 5.54 Å². The van der Waals surface area contributed by atoms with Gasteiger partial charge in [-0.05, 0) is 31.0 Å². The molecule has 2 N–H and O–H groups in total. The molecule has 0 aliphatic rings. The van der Waals surface area contributed by atoms with Crippen molar-refractivity contribution in [3.8, 4) is 0 Å². The fourth-order valence-electron chi connectivity index (χ4n) is 1.49. The van der Waals surface area contributed by atoms with E-state index in [-0.39, 0.29) is 5.82 Å². The van der Waals surface area contributed by atoms with Gasteiger partial charge in [0.15, 0.2) is 5.82 Å². The molecule has 0 bridgehead atoms. The molecule has 96 valence electrons. The zero-order valence-corrected chi connectivity index (χ0v) is 10.5. The van der Waals surface area contributed by atoms with Gasteiger partial charge in [-0.1, -0.05) is 24.2 Å². The van der Waals surface area contributed by atoms with E-state index in [2.05, 4.69) is 10.1 Å². The smallest absolute Gasteiger partial charge is 0.246 e. The summed E-state index contributed by atoms with van der Waals surface area (Å²) >= 11 is 0. The van der Waals surface area contributed by atoms with Crippen LogP contribution in [0.5, 0.6) is 0 Å². The van der Waals surface area contributed by atoms with Crippen molar-refractivity contribution < 1.29 is 8.91 Å². The summed E-state index contributed by atoms with van der Waals surface area (Å²) in [5.74, 6) is 0.733. The average molecular weight is 249 g/mol. The van der Waals surface area contributed by atoms with Crippen LogP contribution in [0.4, 0.5) is 4.39 Å². The van der Waals surface area contributed by atoms with Crippen molar-refractivity contribution >= 4 is 0 Å². The molecule has 0 spiro atoms. The molecule has 0 aliphatic carbocycles. The molecule has 4 nitrogen and oxygen atoms in total. The molecule has 0 saturated carbocycles. The highest BCUT2D eigenvalue weighted by atomic mass is 19.1. The normalized spacial score (nSPS) is 14.4. The Morgan fingerprint density at radius 3 is 2.61 bits per heavy atom. The minimum Gasteiger partial charge on any atom is -0.337 e. The molecular formula is C13H16FN3O. The third-order valence-corrected chi connectivity index (χ3v) is 2.97. The zero-order chi connectivity index (χ0) is 13.2. The Balaban J connectivity index is 2.14. The van der Waals surface area contributed by atoms with E-state index in [1.54, 1.807) is 12.1 Å². The maximum atomic E-state index is 12.8. The lowest BCUT2D eigenvalue weighted by Gasteiger charge is -2.16. The van der Waals surface area contributed by atoms with Crippen molar-refractivity contribution in [3.05, 3.63) is 47.4 Å². The Hall–Kier alpha value is -1.75. The van der Waals surface area contributed by atoms with E-state index in [0.29, 0.717) is 24.6 Å². The van der Waals surface area contributed by atoms with Crippen molar-refractivity contribution in [2.45, 2.75) is 32.2 Å². The topological polar surface area (TPSA) is 64.9 Å². The molecule has 1 aromatic carbocycles. The van der Waals surface area contributed by atoms with Gasteiger partial charge in [-0.25, -0.2) is 4.39 Å². The molecule has 1 aromatic heterocycles. The van der Waals surface area contributed by atoms with Gasteiger partial charge in [-0.3, -0.25) is 0 Å². The van der Waals surface area contributed by atoms with Crippen LogP contribution in [0.15, 0.2) is 28.8 Å². The Labute approximate surface area is 105 Å². The quantitative estimate of drug-likeness (QED) is 0.903. The van der Waals surface area contributed by atoms with E-state index in [9.17, 15) is 4.39 Å². The van der Waals surface area contributed by atoms with Gasteiger partial charge in [-0.2, -0.15) is 4.98 Å². The summed E-state index contributed by atoms with van der Waals surface area (Å²) in [5.41, 5.74) is 6.34. The van der Waals surface area contributed by atoms with Crippen molar-refractivity contribution in [1.82, 2.24) is 10.1 Å². The zero-order valence-electron chi connectivity index (χ0n) is 10.5. The van der Waals surface area contributed by atoms with Crippen molar-refractivity contribution in [2.24, 2.45) is 5.73 Å². The Morgan fingerprint density at radius 2 is 2.00 bits per heavy atom. The Bertz CT molecular complexity index is 519. The summed E-state index contributed by atoms with van der Waals surface area (Å²) in [6, 6.07) is 6.23. The molecule has 1 heterocycles. The van der Waals surface area contributed by atoms with Gasteiger partial charge in [0.2, 0.25) is 5.89 Å². The van der Waals surface area contributed by atoms with Crippen LogP contribution in [-0.4, -0.2) is 10.1 Å². The maximum absolute atomic E-state index is 12.8. The molecule has 0 amide bonds. The van der Waals surface area contributed by atoms with E-state index in [1.807, 2.05) is 13.8 Å². The number of rotatable bonds is 4. The highest BCUT2D eigenvalue weighted by Crippen LogP contribution is 2.19. The Kier molecular flexibility index (Phi) is 3.43. The summed E-state index contributed by atoms with van der Waals surface area (Å²) in [5, 5.41) is 3.89. The van der Waals surface area contributed by atoms with E-state index in [0.717, 1.165) is 5.56 Å². The van der Waals surface area contributed by atoms with E-state index in [1.165, 1.54) is 12.1 Å². The molecule has 5 heteroatoms. The first-order valence-corrected chi connectivity index (χ1v) is 5.87. The van der Waals surface area contributed by atoms with Gasteiger partial charge in [-0.15, -0.1) is 0 Å². The second-order valence-electron chi connectivity index (χ2n) is 4.59. The first-order chi connectivity index (χ1) is 8.51. The van der Waals surface area contributed by atoms with Crippen LogP contribution >= 0.6 is 0 Å². The summed E-state index contributed by atoms with van der Waals surface area (Å²) < 4.78 is 17.9. The van der Waals surface area contributed by atoms with Crippen LogP contribution in [-0.2, 0) is 12.0 Å². The molecule has 2 aromatic rings. The van der Waals surface area contributed by atoms with Crippen LogP contribution in [0.25, 0.3) is 0 Å². The van der Waals surface area contributed by atoms with Gasteiger partial charge in [0.1, 0.15) is 5.82 Å². The monoisotopic (exact) mass is 249 g/mol. The molecule has 1 atom stereocenters. The van der Waals surface area contributed by atoms with Crippen molar-refractivity contribution in [1.29, 1.82) is 0 Å². The number of aromatic nitrogens is 2. The predicted molar refractivity (Wildman–Crippen MR) is 65.3 cm³/mol. The fourth-order valence-corrected chi connectivity index (χ4v) is 1.49. The SMILES string of the molecule is CCC(C)(N)c1nc(Cc2ccc(F)cc2)no1. The minimum atomic E-state index is -0.603. The van der Waals surface area contributed by atoms with Crippen molar-refractivity contribution in [3.63, 3.8) is 0 Å². The number of halogens is 1. The molecule has 1 unspecified atom stereocenters. The lowest BCUT2D eigenvalue weighted by atomic mass is 10.0. The molecule has 18 heavy (non-hydrogen) atoms. The number of nitrogens with two attached hydrogens (primary N) is 1. The Morgan fingerprint density at radius 1 is 1.33 bits per heavy atom. The molecular weight excluding hydrogens is 233 g/mol. The van der Waals surface area contributed by atoms with E-state index >= 15 is 0 Å². The lowest BCUT2D eigenvalue weighted by molar-refractivity contribution is 0.290. The number of benzene rings is 1. The third-order valence-electron chi connectivity index (χ3n) is 2.97. The highest BCUT2D eigenvalue weighted by molar-refractivity contribution is 5.19. The second-order valence-corrected chi connectivity index (χ2v) is 4.59. The van der Waals surface area contributed by atoms with E-state index < -0.39 is 5.54 Å². The maximum Gasteiger partial charge on any atom is 0.246 e. The highest BCUT2D eigenvalue weighted by Gasteiger charge is 2.26. The molecule has 0 fully saturated rings. The van der Waals surface area contributed by atoms with Gasteiger partial charge in [0, 0.05) is 6.42 Å². The largest absolute Gasteiger partial charge is 0.337 e. The standard InChI is InChI=1S/C13H16FN3O/c1-3-13(2,15)12-16-11(17-18-12)8-9-4-6-10(14)7-5-9/h4-7H,3,8,15H2,1-2H3. The first kappa shape index (κ1) is 12.7. The lowest BCUT2D eigenvalue weighted by Crippen LogP contribution is -2.32. The summed E-state index contributed by atoms with van der Waals surface area (Å²) in [4.78, 5) is 4.27. The molecule has 0 radical (unpaired) electrons. The number of hydrogen-bond acceptors (Lipinski definition) is 4. The average Bonchev–Trinajstić information content (AvgIpc) is 2.81. The van der Waals surface area contributed by atoms with Crippen LogP contribution in [0.3, 0.4) is 0 Å². The summed E-state index contributed by atoms with van der Waals surface area (Å²) in [7, 11) is 0. The summed E-state index contributed by atoms with van der Waals surface area (Å²) in [6.45, 7) is 3.81. The fraction of sp³-hybridized carbons (Fsp3) is 0.385. The predicted octanol–water partition coefficient (Wildman–Crippen LogP) is 2.38. The first-order valence-electron chi connectivity index (χ1n) is 5.87. The third kappa shape index (κ3) is 2.73. The van der Waals surface area contributed by atoms with E-state index in [4.69, 9.17) is 10.3 Å².